The molecule has 1 aromatic rings. The molecule has 0 saturated carbocycles. The molecule has 0 bridgehead atoms. The SMILES string of the molecule is CCCCCCNC(=NC)NCc1cccc(C(N)=O)c1. The van der Waals surface area contributed by atoms with Crippen LogP contribution >= 0.6 is 0 Å². The number of nitrogens with two attached hydrogens (primary N) is 1. The zero-order chi connectivity index (χ0) is 15.5. The number of carbonyl (C=O) groups excluding carboxylic acids is 1. The van der Waals surface area contributed by atoms with Gasteiger partial charge in [0.1, 0.15) is 0 Å². The van der Waals surface area contributed by atoms with Crippen molar-refractivity contribution in [3.8, 4) is 0 Å². The molecule has 5 heteroatoms. The molecule has 0 heterocycles. The molecule has 0 fully saturated rings. The van der Waals surface area contributed by atoms with Crippen molar-refractivity contribution in [1.82, 2.24) is 10.6 Å². The average molecular weight is 290 g/mol. The van der Waals surface area contributed by atoms with Crippen molar-refractivity contribution in [2.45, 2.75) is 39.2 Å². The fourth-order valence-electron chi connectivity index (χ4n) is 2.00. The normalized spacial score (nSPS) is 11.2. The Morgan fingerprint density at radius 1 is 1.24 bits per heavy atom. The van der Waals surface area contributed by atoms with Crippen molar-refractivity contribution in [2.24, 2.45) is 10.7 Å². The molecule has 0 radical (unpaired) electrons. The summed E-state index contributed by atoms with van der Waals surface area (Å²) in [5.41, 5.74) is 6.80. The number of benzene rings is 1. The molecule has 1 amide bonds. The minimum Gasteiger partial charge on any atom is -0.366 e. The maximum absolute atomic E-state index is 11.1. The summed E-state index contributed by atoms with van der Waals surface area (Å²) in [6.45, 7) is 3.73. The third kappa shape index (κ3) is 6.79. The number of unbranched alkanes of at least 4 members (excludes halogenated alkanes) is 3. The maximum atomic E-state index is 11.1. The van der Waals surface area contributed by atoms with Crippen LogP contribution in [0.25, 0.3) is 0 Å². The summed E-state index contributed by atoms with van der Waals surface area (Å²) >= 11 is 0. The topological polar surface area (TPSA) is 79.5 Å². The molecule has 1 rings (SSSR count). The van der Waals surface area contributed by atoms with Crippen molar-refractivity contribution >= 4 is 11.9 Å². The largest absolute Gasteiger partial charge is 0.366 e. The molecular formula is C16H26N4O. The summed E-state index contributed by atoms with van der Waals surface area (Å²) < 4.78 is 0. The minimum absolute atomic E-state index is 0.407. The lowest BCUT2D eigenvalue weighted by Gasteiger charge is -2.12. The molecule has 0 spiro atoms. The molecule has 21 heavy (non-hydrogen) atoms. The summed E-state index contributed by atoms with van der Waals surface area (Å²) in [6.07, 6.45) is 4.89. The summed E-state index contributed by atoms with van der Waals surface area (Å²) in [5, 5.41) is 6.51. The zero-order valence-electron chi connectivity index (χ0n) is 13.0. The quantitative estimate of drug-likeness (QED) is 0.389. The van der Waals surface area contributed by atoms with Gasteiger partial charge in [0, 0.05) is 25.7 Å². The highest BCUT2D eigenvalue weighted by molar-refractivity contribution is 5.92. The van der Waals surface area contributed by atoms with Gasteiger partial charge in [-0.1, -0.05) is 38.3 Å². The Morgan fingerprint density at radius 3 is 2.71 bits per heavy atom. The van der Waals surface area contributed by atoms with Crippen LogP contribution in [0.3, 0.4) is 0 Å². The number of primary amides is 1. The number of hydrogen-bond donors (Lipinski definition) is 3. The van der Waals surface area contributed by atoms with Crippen molar-refractivity contribution in [2.75, 3.05) is 13.6 Å². The van der Waals surface area contributed by atoms with E-state index in [1.165, 1.54) is 19.3 Å². The lowest BCUT2D eigenvalue weighted by Crippen LogP contribution is -2.37. The van der Waals surface area contributed by atoms with Crippen LogP contribution < -0.4 is 16.4 Å². The molecule has 0 aliphatic rings. The Bertz CT molecular complexity index is 471. The highest BCUT2D eigenvalue weighted by Crippen LogP contribution is 2.04. The smallest absolute Gasteiger partial charge is 0.248 e. The molecule has 5 nitrogen and oxygen atoms in total. The van der Waals surface area contributed by atoms with Crippen LogP contribution in [0.4, 0.5) is 0 Å². The molecule has 0 atom stereocenters. The third-order valence-electron chi connectivity index (χ3n) is 3.22. The molecule has 0 aliphatic heterocycles. The lowest BCUT2D eigenvalue weighted by molar-refractivity contribution is 0.1000. The molecule has 0 unspecified atom stereocenters. The Morgan fingerprint density at radius 2 is 2.05 bits per heavy atom. The zero-order valence-corrected chi connectivity index (χ0v) is 13.0. The second-order valence-electron chi connectivity index (χ2n) is 4.98. The van der Waals surface area contributed by atoms with E-state index in [2.05, 4.69) is 22.5 Å². The predicted molar refractivity (Wildman–Crippen MR) is 87.3 cm³/mol. The standard InChI is InChI=1S/C16H26N4O/c1-3-4-5-6-10-19-16(18-2)20-12-13-8-7-9-14(11-13)15(17)21/h7-9,11H,3-6,10,12H2,1-2H3,(H2,17,21)(H2,18,19,20). The number of nitrogens with zero attached hydrogens (tertiary/aromatic N) is 1. The van der Waals surface area contributed by atoms with Gasteiger partial charge in [0.05, 0.1) is 0 Å². The predicted octanol–water partition coefficient (Wildman–Crippen LogP) is 2.03. The first-order valence-electron chi connectivity index (χ1n) is 7.50. The first kappa shape index (κ1) is 17.0. The van der Waals surface area contributed by atoms with E-state index < -0.39 is 5.91 Å². The molecular weight excluding hydrogens is 264 g/mol. The van der Waals surface area contributed by atoms with Crippen molar-refractivity contribution in [3.05, 3.63) is 35.4 Å². The van der Waals surface area contributed by atoms with Crippen LogP contribution in [0.2, 0.25) is 0 Å². The molecule has 1 aromatic carbocycles. The summed E-state index contributed by atoms with van der Waals surface area (Å²) in [7, 11) is 1.75. The number of hydrogen-bond acceptors (Lipinski definition) is 2. The van der Waals surface area contributed by atoms with E-state index in [1.54, 1.807) is 19.2 Å². The van der Waals surface area contributed by atoms with Gasteiger partial charge in [-0.15, -0.1) is 0 Å². The first-order valence-corrected chi connectivity index (χ1v) is 7.50. The molecule has 0 aliphatic carbocycles. The number of aliphatic imine (C=N–C) groups is 1. The molecule has 116 valence electrons. The van der Waals surface area contributed by atoms with Crippen LogP contribution in [0, 0.1) is 0 Å². The van der Waals surface area contributed by atoms with E-state index in [0.717, 1.165) is 24.5 Å². The Hall–Kier alpha value is -2.04. The van der Waals surface area contributed by atoms with Crippen LogP contribution in [-0.2, 0) is 6.54 Å². The minimum atomic E-state index is -0.407. The Kier molecular flexibility index (Phi) is 7.94. The van der Waals surface area contributed by atoms with Gasteiger partial charge in [0.25, 0.3) is 0 Å². The van der Waals surface area contributed by atoms with Crippen LogP contribution in [-0.4, -0.2) is 25.5 Å². The van der Waals surface area contributed by atoms with Gasteiger partial charge in [-0.2, -0.15) is 0 Å². The van der Waals surface area contributed by atoms with Crippen LogP contribution in [0.1, 0.15) is 48.5 Å². The fourth-order valence-corrected chi connectivity index (χ4v) is 2.00. The Labute approximate surface area is 127 Å². The van der Waals surface area contributed by atoms with Gasteiger partial charge < -0.3 is 16.4 Å². The Balaban J connectivity index is 2.38. The monoisotopic (exact) mass is 290 g/mol. The van der Waals surface area contributed by atoms with Crippen LogP contribution in [0.15, 0.2) is 29.3 Å². The van der Waals surface area contributed by atoms with Gasteiger partial charge in [-0.05, 0) is 24.1 Å². The number of nitrogens with one attached hydrogen (secondary N) is 2. The highest BCUT2D eigenvalue weighted by Gasteiger charge is 2.02. The van der Waals surface area contributed by atoms with E-state index in [1.807, 2.05) is 12.1 Å². The summed E-state index contributed by atoms with van der Waals surface area (Å²) in [4.78, 5) is 15.3. The van der Waals surface area contributed by atoms with Crippen molar-refractivity contribution in [1.29, 1.82) is 0 Å². The van der Waals surface area contributed by atoms with E-state index >= 15 is 0 Å². The van der Waals surface area contributed by atoms with Gasteiger partial charge in [-0.3, -0.25) is 9.79 Å². The molecule has 4 N–H and O–H groups in total. The van der Waals surface area contributed by atoms with Crippen molar-refractivity contribution < 1.29 is 4.79 Å². The summed E-state index contributed by atoms with van der Waals surface area (Å²) in [5.74, 6) is 0.367. The maximum Gasteiger partial charge on any atom is 0.248 e. The summed E-state index contributed by atoms with van der Waals surface area (Å²) in [6, 6.07) is 7.29. The van der Waals surface area contributed by atoms with Gasteiger partial charge >= 0.3 is 0 Å². The van der Waals surface area contributed by atoms with E-state index in [9.17, 15) is 4.79 Å². The fraction of sp³-hybridized carbons (Fsp3) is 0.500. The average Bonchev–Trinajstić information content (AvgIpc) is 2.50. The van der Waals surface area contributed by atoms with E-state index in [-0.39, 0.29) is 0 Å². The van der Waals surface area contributed by atoms with Crippen LogP contribution in [0.5, 0.6) is 0 Å². The second-order valence-corrected chi connectivity index (χ2v) is 4.98. The first-order chi connectivity index (χ1) is 10.2. The lowest BCUT2D eigenvalue weighted by atomic mass is 10.1. The molecule has 0 aromatic heterocycles. The van der Waals surface area contributed by atoms with Crippen molar-refractivity contribution in [3.63, 3.8) is 0 Å². The van der Waals surface area contributed by atoms with Gasteiger partial charge in [0.15, 0.2) is 5.96 Å². The number of guanidine groups is 1. The van der Waals surface area contributed by atoms with E-state index in [4.69, 9.17) is 5.73 Å². The second kappa shape index (κ2) is 9.80. The number of rotatable bonds is 8. The van der Waals surface area contributed by atoms with Gasteiger partial charge in [0.2, 0.25) is 5.91 Å². The van der Waals surface area contributed by atoms with E-state index in [0.29, 0.717) is 12.1 Å². The van der Waals surface area contributed by atoms with Gasteiger partial charge in [-0.25, -0.2) is 0 Å². The number of amides is 1. The number of carbonyl (C=O) groups is 1. The highest BCUT2D eigenvalue weighted by atomic mass is 16.1. The third-order valence-corrected chi connectivity index (χ3v) is 3.22. The molecule has 0 saturated heterocycles.